The van der Waals surface area contributed by atoms with E-state index < -0.39 is 27.6 Å². The lowest BCUT2D eigenvalue weighted by molar-refractivity contribution is -0.140. The first kappa shape index (κ1) is 11.8. The van der Waals surface area contributed by atoms with Gasteiger partial charge >= 0.3 is 16.6 Å². The van der Waals surface area contributed by atoms with E-state index in [1.165, 1.54) is 0 Å². The van der Waals surface area contributed by atoms with Gasteiger partial charge in [0, 0.05) is 0 Å². The molecule has 0 aliphatic heterocycles. The van der Waals surface area contributed by atoms with Crippen LogP contribution in [-0.2, 0) is 10.9 Å². The van der Waals surface area contributed by atoms with Crippen LogP contribution in [0.5, 0.6) is 0 Å². The van der Waals surface area contributed by atoms with E-state index >= 15 is 0 Å². The van der Waals surface area contributed by atoms with Crippen LogP contribution in [-0.4, -0.2) is 16.9 Å². The summed E-state index contributed by atoms with van der Waals surface area (Å²) in [6, 6.07) is 0. The minimum Gasteiger partial charge on any atom is -0.422 e. The van der Waals surface area contributed by atoms with Crippen molar-refractivity contribution >= 4 is 20.9 Å². The van der Waals surface area contributed by atoms with Crippen molar-refractivity contribution in [2.24, 2.45) is 0 Å². The monoisotopic (exact) mass is 241 g/mol. The summed E-state index contributed by atoms with van der Waals surface area (Å²) >= 11 is 0. The Morgan fingerprint density at radius 2 is 2.27 bits per heavy atom. The molecule has 0 fully saturated rings. The van der Waals surface area contributed by atoms with Crippen LogP contribution in [0.25, 0.3) is 0 Å². The van der Waals surface area contributed by atoms with Crippen molar-refractivity contribution in [3.63, 3.8) is 0 Å². The van der Waals surface area contributed by atoms with E-state index in [0.29, 0.717) is 5.38 Å². The van der Waals surface area contributed by atoms with Gasteiger partial charge in [0.05, 0.1) is 6.61 Å². The van der Waals surface area contributed by atoms with Crippen LogP contribution >= 0.6 is 10.5 Å². The Kier molecular flexibility index (Phi) is 3.18. The summed E-state index contributed by atoms with van der Waals surface area (Å²) < 4.78 is 41.1. The average Bonchev–Trinajstić information content (AvgIpc) is 2.47. The Labute approximate surface area is 85.8 Å². The van der Waals surface area contributed by atoms with Gasteiger partial charge in [-0.15, -0.1) is 0 Å². The molecule has 1 rings (SSSR count). The van der Waals surface area contributed by atoms with Crippen LogP contribution in [0.1, 0.15) is 12.6 Å². The Bertz CT molecular complexity index is 375. The van der Waals surface area contributed by atoms with Crippen LogP contribution in [0.4, 0.5) is 23.1 Å². The molecule has 0 aromatic carbocycles. The van der Waals surface area contributed by atoms with E-state index in [0.717, 1.165) is 0 Å². The van der Waals surface area contributed by atoms with Gasteiger partial charge in [0.1, 0.15) is 10.5 Å². The number of thiazole rings is 1. The molecule has 1 aromatic rings. The zero-order valence-corrected chi connectivity index (χ0v) is 8.48. The molecule has 1 unspecified atom stereocenters. The minimum atomic E-state index is -4.58. The summed E-state index contributed by atoms with van der Waals surface area (Å²) in [6.45, 7) is 1.64. The average molecular weight is 241 g/mol. The molecule has 0 bridgehead atoms. The molecule has 0 spiro atoms. The Morgan fingerprint density at radius 3 is 2.67 bits per heavy atom. The van der Waals surface area contributed by atoms with Gasteiger partial charge in [-0.05, 0) is 6.92 Å². The Morgan fingerprint density at radius 1 is 1.67 bits per heavy atom. The summed E-state index contributed by atoms with van der Waals surface area (Å²) in [5, 5.41) is -0.466. The molecular formula is C7H8F3N2O2S+. The van der Waals surface area contributed by atoms with Crippen molar-refractivity contribution in [1.82, 2.24) is 4.98 Å². The molecule has 1 heterocycles. The molecule has 8 heteroatoms. The van der Waals surface area contributed by atoms with Gasteiger partial charge in [0.25, 0.3) is 0 Å². The molecule has 0 aliphatic carbocycles. The predicted octanol–water partition coefficient (Wildman–Crippen LogP) is 2.44. The van der Waals surface area contributed by atoms with Crippen molar-refractivity contribution in [2.45, 2.75) is 13.1 Å². The summed E-state index contributed by atoms with van der Waals surface area (Å²) in [4.78, 5) is 14.2. The molecule has 1 aromatic heterocycles. The molecule has 4 nitrogen and oxygen atoms in total. The number of nitrogens with zero attached hydrogens (tertiary/aromatic N) is 1. The maximum atomic E-state index is 12.2. The Hall–Kier alpha value is -1.31. The molecule has 2 N–H and O–H groups in total. The molecule has 0 aliphatic rings. The van der Waals surface area contributed by atoms with Gasteiger partial charge in [0.15, 0.2) is 5.38 Å². The molecule has 0 amide bonds. The highest BCUT2D eigenvalue weighted by Crippen LogP contribution is 2.36. The number of nitrogens with two attached hydrogens (primary N) is 1. The third-order valence-electron chi connectivity index (χ3n) is 1.42. The number of nitrogen functional groups attached to an aromatic ring is 1. The van der Waals surface area contributed by atoms with Crippen LogP contribution in [0, 0.1) is 0 Å². The van der Waals surface area contributed by atoms with Crippen molar-refractivity contribution in [3.05, 3.63) is 11.1 Å². The number of alkyl halides is 3. The highest BCUT2D eigenvalue weighted by atomic mass is 32.2. The van der Waals surface area contributed by atoms with Crippen LogP contribution in [0.2, 0.25) is 0 Å². The number of ether oxygens (including phenoxy) is 1. The largest absolute Gasteiger partial charge is 0.558 e. The quantitative estimate of drug-likeness (QED) is 0.638. The maximum Gasteiger partial charge on any atom is 0.558 e. The highest BCUT2D eigenvalue weighted by molar-refractivity contribution is 7.52. The van der Waals surface area contributed by atoms with Crippen LogP contribution in [0.3, 0.4) is 0 Å². The van der Waals surface area contributed by atoms with E-state index in [-0.39, 0.29) is 11.7 Å². The van der Waals surface area contributed by atoms with Crippen LogP contribution < -0.4 is 5.73 Å². The number of rotatable bonds is 2. The third-order valence-corrected chi connectivity index (χ3v) is 2.90. The fraction of sp³-hybridized carbons (Fsp3) is 0.429. The summed E-state index contributed by atoms with van der Waals surface area (Å²) in [6.07, 6.45) is -4.58. The topological polar surface area (TPSA) is 65.2 Å². The van der Waals surface area contributed by atoms with Gasteiger partial charge in [-0.1, -0.05) is 0 Å². The van der Waals surface area contributed by atoms with Gasteiger partial charge in [-0.25, -0.2) is 0 Å². The first-order valence-corrected chi connectivity index (χ1v) is 5.18. The van der Waals surface area contributed by atoms with E-state index in [2.05, 4.69) is 9.72 Å². The molecule has 0 saturated heterocycles. The van der Waals surface area contributed by atoms with E-state index in [1.54, 1.807) is 6.92 Å². The van der Waals surface area contributed by atoms with Crippen LogP contribution in [0.15, 0.2) is 5.38 Å². The van der Waals surface area contributed by atoms with Crippen molar-refractivity contribution in [1.29, 1.82) is 0 Å². The zero-order valence-electron chi connectivity index (χ0n) is 7.67. The second-order valence-corrected chi connectivity index (χ2v) is 4.13. The minimum absolute atomic E-state index is 0.0881. The highest BCUT2D eigenvalue weighted by Gasteiger charge is 2.40. The molecule has 15 heavy (non-hydrogen) atoms. The lowest BCUT2D eigenvalue weighted by Crippen LogP contribution is -2.05. The normalized spacial score (nSPS) is 12.7. The number of carbonyl (C=O) groups excluding carboxylic acids is 1. The SMILES string of the molecule is CCOC(=O)[s+]1cc(C(F)(F)F)nc1N. The van der Waals surface area contributed by atoms with Gasteiger partial charge in [0.2, 0.25) is 5.69 Å². The van der Waals surface area contributed by atoms with Crippen molar-refractivity contribution < 1.29 is 22.7 Å². The molecule has 0 saturated carbocycles. The van der Waals surface area contributed by atoms with E-state index in [4.69, 9.17) is 5.73 Å². The van der Waals surface area contributed by atoms with E-state index in [1.807, 2.05) is 0 Å². The lowest BCUT2D eigenvalue weighted by Gasteiger charge is -1.96. The number of carbonyl (C=O) groups is 1. The number of aromatic nitrogens is 1. The standard InChI is InChI=1S/C7H8F3N2O2S/c1-2-14-6(13)15-3-4(7(8,9)10)12-5(15)11/h3H,2H2,1H3,(H2,11,12)/q+1. The Balaban J connectivity index is 3.02. The zero-order chi connectivity index (χ0) is 11.6. The molecule has 84 valence electrons. The van der Waals surface area contributed by atoms with Gasteiger partial charge < -0.3 is 10.5 Å². The fourth-order valence-corrected chi connectivity index (χ4v) is 2.05. The first-order valence-electron chi connectivity index (χ1n) is 3.89. The maximum absolute atomic E-state index is 12.2. The molecule has 1 atom stereocenters. The number of hydrogen-bond acceptors (Lipinski definition) is 4. The van der Waals surface area contributed by atoms with Gasteiger partial charge in [-0.2, -0.15) is 22.9 Å². The fourth-order valence-electron chi connectivity index (χ4n) is 0.811. The number of halogens is 3. The third kappa shape index (κ3) is 2.58. The second-order valence-electron chi connectivity index (χ2n) is 2.47. The van der Waals surface area contributed by atoms with Gasteiger partial charge in [-0.3, -0.25) is 0 Å². The predicted molar refractivity (Wildman–Crippen MR) is 48.6 cm³/mol. The summed E-state index contributed by atoms with van der Waals surface area (Å²) in [7, 11) is -1.51. The van der Waals surface area contributed by atoms with Crippen molar-refractivity contribution in [2.75, 3.05) is 12.3 Å². The number of hydrogen-bond donors (Lipinski definition) is 1. The van der Waals surface area contributed by atoms with E-state index in [9.17, 15) is 18.0 Å². The number of anilines is 1. The summed E-state index contributed by atoms with van der Waals surface area (Å²) in [5.74, 6) is 0. The van der Waals surface area contributed by atoms with Crippen molar-refractivity contribution in [3.8, 4) is 0 Å². The smallest absolute Gasteiger partial charge is 0.422 e. The first-order chi connectivity index (χ1) is 6.86. The molecular weight excluding hydrogens is 233 g/mol. The molecule has 0 radical (unpaired) electrons. The lowest BCUT2D eigenvalue weighted by atomic mass is 10.5. The summed E-state index contributed by atoms with van der Waals surface area (Å²) in [5.41, 5.74) is 4.06. The second kappa shape index (κ2) is 4.05.